The van der Waals surface area contributed by atoms with Gasteiger partial charge in [-0.1, -0.05) is 24.3 Å². The minimum absolute atomic E-state index is 0.270. The molecule has 2 N–H and O–H groups in total. The number of hydrogen-bond acceptors (Lipinski definition) is 4. The van der Waals surface area contributed by atoms with E-state index >= 15 is 0 Å². The summed E-state index contributed by atoms with van der Waals surface area (Å²) in [6, 6.07) is 11.7. The van der Waals surface area contributed by atoms with E-state index in [2.05, 4.69) is 45.4 Å². The van der Waals surface area contributed by atoms with Crippen molar-refractivity contribution in [2.45, 2.75) is 26.3 Å². The zero-order chi connectivity index (χ0) is 21.3. The van der Waals surface area contributed by atoms with Crippen molar-refractivity contribution in [3.05, 3.63) is 76.1 Å². The van der Waals surface area contributed by atoms with Gasteiger partial charge in [-0.15, -0.1) is 11.3 Å². The maximum atomic E-state index is 10.1. The number of imidazole rings is 1. The average Bonchev–Trinajstić information content (AvgIpc) is 3.47. The van der Waals surface area contributed by atoms with Crippen LogP contribution in [0.15, 0.2) is 54.2 Å². The molecule has 0 bridgehead atoms. The summed E-state index contributed by atoms with van der Waals surface area (Å²) in [5.74, 6) is 0.447. The molecule has 0 aliphatic heterocycles. The van der Waals surface area contributed by atoms with Crippen LogP contribution in [0.3, 0.4) is 0 Å². The second-order valence-corrected chi connectivity index (χ2v) is 8.40. The highest BCUT2D eigenvalue weighted by atomic mass is 32.1. The monoisotopic (exact) mass is 420 g/mol. The minimum atomic E-state index is -0.847. The van der Waals surface area contributed by atoms with Gasteiger partial charge in [-0.25, -0.2) is 9.78 Å². The van der Waals surface area contributed by atoms with Gasteiger partial charge < -0.3 is 19.7 Å². The second-order valence-electron chi connectivity index (χ2n) is 7.46. The lowest BCUT2D eigenvalue weighted by molar-refractivity contribution is 0.0702. The largest absolute Gasteiger partial charge is 0.477 e. The Hall–Kier alpha value is -3.19. The quantitative estimate of drug-likeness (QED) is 0.501. The highest BCUT2D eigenvalue weighted by molar-refractivity contribution is 7.11. The summed E-state index contributed by atoms with van der Waals surface area (Å²) in [5.41, 5.74) is 4.49. The van der Waals surface area contributed by atoms with E-state index in [1.54, 1.807) is 17.5 Å². The number of aromatic nitrogens is 3. The Morgan fingerprint density at radius 3 is 2.73 bits per heavy atom. The van der Waals surface area contributed by atoms with Crippen LogP contribution in [-0.4, -0.2) is 30.9 Å². The number of carboxylic acid groups (broad SMARTS) is 1. The van der Waals surface area contributed by atoms with Crippen molar-refractivity contribution in [1.29, 1.82) is 5.41 Å². The van der Waals surface area contributed by atoms with Crippen molar-refractivity contribution < 1.29 is 9.90 Å². The minimum Gasteiger partial charge on any atom is -0.477 e. The topological polar surface area (TPSA) is 83.9 Å². The van der Waals surface area contributed by atoms with Crippen LogP contribution < -0.4 is 0 Å². The first-order valence-electron chi connectivity index (χ1n) is 9.87. The van der Waals surface area contributed by atoms with Gasteiger partial charge in [0.1, 0.15) is 10.7 Å². The molecule has 5 rings (SSSR count). The summed E-state index contributed by atoms with van der Waals surface area (Å²) in [6.07, 6.45) is 5.93. The summed E-state index contributed by atoms with van der Waals surface area (Å²) < 4.78 is 4.42. The van der Waals surface area contributed by atoms with E-state index in [0.717, 1.165) is 36.5 Å². The lowest BCUT2D eigenvalue weighted by Gasteiger charge is -2.25. The van der Waals surface area contributed by atoms with Crippen LogP contribution in [0.4, 0.5) is 0 Å². The van der Waals surface area contributed by atoms with E-state index in [-0.39, 0.29) is 5.92 Å². The number of benzene rings is 1. The first-order valence-corrected chi connectivity index (χ1v) is 10.7. The Bertz CT molecular complexity index is 1200. The van der Waals surface area contributed by atoms with Gasteiger partial charge in [0.2, 0.25) is 0 Å². The maximum absolute atomic E-state index is 10.1. The first kappa shape index (κ1) is 20.1. The molecule has 0 radical (unpaired) electrons. The van der Waals surface area contributed by atoms with E-state index in [1.807, 2.05) is 19.3 Å². The van der Waals surface area contributed by atoms with Crippen molar-refractivity contribution in [2.24, 2.45) is 13.0 Å². The van der Waals surface area contributed by atoms with Crippen LogP contribution in [0.5, 0.6) is 0 Å². The van der Waals surface area contributed by atoms with Crippen LogP contribution in [0.1, 0.15) is 33.2 Å². The number of carbonyl (C=O) groups is 1. The molecule has 1 unspecified atom stereocenters. The van der Waals surface area contributed by atoms with Gasteiger partial charge in [0.05, 0.1) is 0 Å². The molecule has 3 aromatic heterocycles. The molecular formula is C23H24N4O2S. The molecular weight excluding hydrogens is 396 g/mol. The van der Waals surface area contributed by atoms with Gasteiger partial charge in [-0.2, -0.15) is 0 Å². The van der Waals surface area contributed by atoms with Crippen LogP contribution in [-0.2, 0) is 20.0 Å². The zero-order valence-electron chi connectivity index (χ0n) is 17.0. The van der Waals surface area contributed by atoms with Gasteiger partial charge in [-0.05, 0) is 37.3 Å². The molecule has 1 aliphatic rings. The van der Waals surface area contributed by atoms with Crippen LogP contribution >= 0.6 is 11.3 Å². The van der Waals surface area contributed by atoms with Crippen molar-refractivity contribution in [1.82, 2.24) is 14.1 Å². The molecule has 0 amide bonds. The number of fused-ring (bicyclic) bond motifs is 3. The van der Waals surface area contributed by atoms with Crippen molar-refractivity contribution in [3.8, 4) is 0 Å². The fourth-order valence-electron chi connectivity index (χ4n) is 4.12. The third-order valence-electron chi connectivity index (χ3n) is 5.71. The number of hydrogen-bond donors (Lipinski definition) is 2. The van der Waals surface area contributed by atoms with E-state index in [0.29, 0.717) is 4.88 Å². The molecule has 7 heteroatoms. The fraction of sp³-hybridized carbons (Fsp3) is 0.261. The van der Waals surface area contributed by atoms with Crippen LogP contribution in [0, 0.1) is 18.3 Å². The SMILES string of the molecule is Cc1nccn1CC1CCc2c(c3ccccc3n2C)C1=N.O=C(O)c1cccs1. The molecule has 154 valence electrons. The molecule has 4 aromatic rings. The average molecular weight is 421 g/mol. The standard InChI is InChI=1S/C18H20N4.C5H4O2S/c1-12-20-9-10-22(12)11-13-7-8-16-17(18(13)19)14-5-3-4-6-15(14)21(16)2;6-5(7)4-2-1-3-8-4/h3-6,9-10,13,19H,7-8,11H2,1-2H3;1-3H,(H,6,7). The highest BCUT2D eigenvalue weighted by Gasteiger charge is 2.29. The smallest absolute Gasteiger partial charge is 0.345 e. The van der Waals surface area contributed by atoms with E-state index < -0.39 is 5.97 Å². The Morgan fingerprint density at radius 1 is 1.30 bits per heavy atom. The van der Waals surface area contributed by atoms with Crippen LogP contribution in [0.25, 0.3) is 10.9 Å². The third kappa shape index (κ3) is 3.68. The molecule has 30 heavy (non-hydrogen) atoms. The highest BCUT2D eigenvalue weighted by Crippen LogP contribution is 2.34. The van der Waals surface area contributed by atoms with Crippen molar-refractivity contribution >= 4 is 33.9 Å². The predicted octanol–water partition coefficient (Wildman–Crippen LogP) is 4.76. The summed E-state index contributed by atoms with van der Waals surface area (Å²) in [5, 5.41) is 20.0. The molecule has 3 heterocycles. The molecule has 0 saturated heterocycles. The number of nitrogens with one attached hydrogen (secondary N) is 1. The lowest BCUT2D eigenvalue weighted by Crippen LogP contribution is -2.27. The third-order valence-corrected chi connectivity index (χ3v) is 6.57. The normalized spacial score (nSPS) is 15.5. The van der Waals surface area contributed by atoms with Crippen LogP contribution in [0.2, 0.25) is 0 Å². The summed E-state index contributed by atoms with van der Waals surface area (Å²) >= 11 is 1.23. The number of carboxylic acids is 1. The summed E-state index contributed by atoms with van der Waals surface area (Å²) in [4.78, 5) is 14.8. The molecule has 0 fully saturated rings. The van der Waals surface area contributed by atoms with E-state index in [4.69, 9.17) is 10.5 Å². The molecule has 1 aromatic carbocycles. The summed E-state index contributed by atoms with van der Waals surface area (Å²) in [7, 11) is 2.12. The number of nitrogens with zero attached hydrogens (tertiary/aromatic N) is 3. The lowest BCUT2D eigenvalue weighted by atomic mass is 9.84. The predicted molar refractivity (Wildman–Crippen MR) is 120 cm³/mol. The Morgan fingerprint density at radius 2 is 2.10 bits per heavy atom. The number of para-hydroxylation sites is 1. The molecule has 0 saturated carbocycles. The Labute approximate surface area is 178 Å². The molecule has 1 aliphatic carbocycles. The van der Waals surface area contributed by atoms with Crippen molar-refractivity contribution in [2.75, 3.05) is 0 Å². The van der Waals surface area contributed by atoms with Crippen molar-refractivity contribution in [3.63, 3.8) is 0 Å². The molecule has 0 spiro atoms. The number of thiophene rings is 1. The Kier molecular flexibility index (Phi) is 5.55. The number of rotatable bonds is 3. The maximum Gasteiger partial charge on any atom is 0.345 e. The van der Waals surface area contributed by atoms with Gasteiger partial charge in [0.25, 0.3) is 0 Å². The second kappa shape index (κ2) is 8.28. The summed E-state index contributed by atoms with van der Waals surface area (Å²) in [6.45, 7) is 2.88. The zero-order valence-corrected chi connectivity index (χ0v) is 17.8. The van der Waals surface area contributed by atoms with Gasteiger partial charge in [-0.3, -0.25) is 0 Å². The van der Waals surface area contributed by atoms with E-state index in [9.17, 15) is 4.79 Å². The molecule has 1 atom stereocenters. The van der Waals surface area contributed by atoms with Gasteiger partial charge in [0.15, 0.2) is 0 Å². The number of aryl methyl sites for hydroxylation is 2. The number of aromatic carboxylic acids is 1. The van der Waals surface area contributed by atoms with Gasteiger partial charge >= 0.3 is 5.97 Å². The molecule has 6 nitrogen and oxygen atoms in total. The fourth-order valence-corrected chi connectivity index (χ4v) is 4.68. The van der Waals surface area contributed by atoms with Gasteiger partial charge in [0, 0.05) is 59.8 Å². The van der Waals surface area contributed by atoms with E-state index in [1.165, 1.54) is 27.9 Å². The Balaban J connectivity index is 0.000000230. The first-order chi connectivity index (χ1) is 14.5.